The lowest BCUT2D eigenvalue weighted by atomic mass is 10.0. The minimum atomic E-state index is -0.719. The quantitative estimate of drug-likeness (QED) is 0.820. The number of aliphatic hydroxyl groups is 1. The van der Waals surface area contributed by atoms with Gasteiger partial charge in [0.15, 0.2) is 0 Å². The Hall–Kier alpha value is -1.03. The SMILES string of the molecule is CCCOc1ccc(C(O)c2cc(Cl)ccc2Br)cc1. The molecular weight excluding hydrogens is 340 g/mol. The van der Waals surface area contributed by atoms with Gasteiger partial charge in [-0.25, -0.2) is 0 Å². The first-order valence-corrected chi connectivity index (χ1v) is 7.64. The Bertz CT molecular complexity index is 569. The van der Waals surface area contributed by atoms with Gasteiger partial charge in [0.2, 0.25) is 0 Å². The lowest BCUT2D eigenvalue weighted by Crippen LogP contribution is -2.01. The molecule has 106 valence electrons. The smallest absolute Gasteiger partial charge is 0.119 e. The molecule has 4 heteroatoms. The fraction of sp³-hybridized carbons (Fsp3) is 0.250. The fourth-order valence-corrected chi connectivity index (χ4v) is 2.51. The molecule has 2 aromatic rings. The molecule has 2 aromatic carbocycles. The van der Waals surface area contributed by atoms with Crippen LogP contribution in [0.4, 0.5) is 0 Å². The summed E-state index contributed by atoms with van der Waals surface area (Å²) in [5, 5.41) is 11.0. The second-order valence-electron chi connectivity index (χ2n) is 4.49. The Morgan fingerprint density at radius 1 is 1.20 bits per heavy atom. The van der Waals surface area contributed by atoms with Crippen LogP contribution >= 0.6 is 27.5 Å². The first kappa shape index (κ1) is 15.4. The van der Waals surface area contributed by atoms with Gasteiger partial charge in [0.1, 0.15) is 11.9 Å². The van der Waals surface area contributed by atoms with Crippen LogP contribution in [-0.2, 0) is 0 Å². The topological polar surface area (TPSA) is 29.5 Å². The zero-order chi connectivity index (χ0) is 14.5. The van der Waals surface area contributed by atoms with Crippen molar-refractivity contribution in [2.75, 3.05) is 6.61 Å². The van der Waals surface area contributed by atoms with E-state index in [0.717, 1.165) is 27.8 Å². The van der Waals surface area contributed by atoms with Crippen LogP contribution in [0.25, 0.3) is 0 Å². The molecule has 1 N–H and O–H groups in total. The van der Waals surface area contributed by atoms with Crippen molar-refractivity contribution in [1.82, 2.24) is 0 Å². The maximum Gasteiger partial charge on any atom is 0.119 e. The van der Waals surface area contributed by atoms with Gasteiger partial charge in [-0.05, 0) is 42.3 Å². The van der Waals surface area contributed by atoms with E-state index < -0.39 is 6.10 Å². The lowest BCUT2D eigenvalue weighted by molar-refractivity contribution is 0.219. The van der Waals surface area contributed by atoms with Crippen LogP contribution < -0.4 is 4.74 Å². The summed E-state index contributed by atoms with van der Waals surface area (Å²) in [5.41, 5.74) is 1.55. The number of rotatable bonds is 5. The van der Waals surface area contributed by atoms with Crippen LogP contribution in [0.1, 0.15) is 30.6 Å². The third-order valence-electron chi connectivity index (χ3n) is 2.92. The minimum absolute atomic E-state index is 0.602. The third kappa shape index (κ3) is 3.75. The van der Waals surface area contributed by atoms with Gasteiger partial charge in [0.05, 0.1) is 6.61 Å². The van der Waals surface area contributed by atoms with Crippen molar-refractivity contribution in [1.29, 1.82) is 0 Å². The van der Waals surface area contributed by atoms with Crippen LogP contribution in [0.5, 0.6) is 5.75 Å². The zero-order valence-corrected chi connectivity index (χ0v) is 13.5. The normalized spacial score (nSPS) is 12.2. The van der Waals surface area contributed by atoms with Gasteiger partial charge in [-0.15, -0.1) is 0 Å². The van der Waals surface area contributed by atoms with Crippen molar-refractivity contribution < 1.29 is 9.84 Å². The van der Waals surface area contributed by atoms with E-state index in [0.29, 0.717) is 11.6 Å². The van der Waals surface area contributed by atoms with Gasteiger partial charge < -0.3 is 9.84 Å². The van der Waals surface area contributed by atoms with E-state index in [4.69, 9.17) is 16.3 Å². The third-order valence-corrected chi connectivity index (χ3v) is 3.88. The van der Waals surface area contributed by atoms with Gasteiger partial charge in [0.25, 0.3) is 0 Å². The molecule has 20 heavy (non-hydrogen) atoms. The molecular formula is C16H16BrClO2. The molecule has 0 amide bonds. The highest BCUT2D eigenvalue weighted by molar-refractivity contribution is 9.10. The summed E-state index contributed by atoms with van der Waals surface area (Å²) in [4.78, 5) is 0. The Balaban J connectivity index is 2.20. The molecule has 0 bridgehead atoms. The summed E-state index contributed by atoms with van der Waals surface area (Å²) >= 11 is 9.41. The van der Waals surface area contributed by atoms with Crippen LogP contribution in [-0.4, -0.2) is 11.7 Å². The second kappa shape index (κ2) is 7.11. The number of aliphatic hydroxyl groups excluding tert-OH is 1. The molecule has 0 radical (unpaired) electrons. The largest absolute Gasteiger partial charge is 0.494 e. The van der Waals surface area contributed by atoms with Crippen LogP contribution in [0, 0.1) is 0 Å². The summed E-state index contributed by atoms with van der Waals surface area (Å²) in [5.74, 6) is 0.813. The maximum atomic E-state index is 10.4. The summed E-state index contributed by atoms with van der Waals surface area (Å²) in [6, 6.07) is 12.8. The van der Waals surface area contributed by atoms with Crippen LogP contribution in [0.3, 0.4) is 0 Å². The Labute approximate surface area is 132 Å². The summed E-state index contributed by atoms with van der Waals surface area (Å²) in [7, 11) is 0. The van der Waals surface area contributed by atoms with Crippen molar-refractivity contribution in [3.8, 4) is 5.75 Å². The second-order valence-corrected chi connectivity index (χ2v) is 5.78. The van der Waals surface area contributed by atoms with E-state index in [9.17, 15) is 5.11 Å². The highest BCUT2D eigenvalue weighted by Gasteiger charge is 2.14. The van der Waals surface area contributed by atoms with E-state index in [1.807, 2.05) is 30.3 Å². The van der Waals surface area contributed by atoms with Gasteiger partial charge in [-0.3, -0.25) is 0 Å². The van der Waals surface area contributed by atoms with Gasteiger partial charge in [0, 0.05) is 15.1 Å². The van der Waals surface area contributed by atoms with Gasteiger partial charge in [-0.1, -0.05) is 46.6 Å². The predicted molar refractivity (Wildman–Crippen MR) is 85.4 cm³/mol. The predicted octanol–water partition coefficient (Wildman–Crippen LogP) is 4.97. The summed E-state index contributed by atoms with van der Waals surface area (Å²) < 4.78 is 6.36. The molecule has 0 saturated heterocycles. The fourth-order valence-electron chi connectivity index (χ4n) is 1.87. The first-order chi connectivity index (χ1) is 9.61. The first-order valence-electron chi connectivity index (χ1n) is 6.47. The molecule has 1 atom stereocenters. The molecule has 0 spiro atoms. The van der Waals surface area contributed by atoms with E-state index in [1.54, 1.807) is 12.1 Å². The molecule has 0 aromatic heterocycles. The van der Waals surface area contributed by atoms with E-state index >= 15 is 0 Å². The Morgan fingerprint density at radius 2 is 1.90 bits per heavy atom. The van der Waals surface area contributed by atoms with Crippen molar-refractivity contribution in [3.63, 3.8) is 0 Å². The maximum absolute atomic E-state index is 10.4. The van der Waals surface area contributed by atoms with Gasteiger partial charge in [-0.2, -0.15) is 0 Å². The highest BCUT2D eigenvalue weighted by atomic mass is 79.9. The van der Waals surface area contributed by atoms with Crippen LogP contribution in [0.2, 0.25) is 5.02 Å². The van der Waals surface area contributed by atoms with Crippen molar-refractivity contribution in [2.24, 2.45) is 0 Å². The Morgan fingerprint density at radius 3 is 2.55 bits per heavy atom. The molecule has 0 aliphatic heterocycles. The average molecular weight is 356 g/mol. The minimum Gasteiger partial charge on any atom is -0.494 e. The van der Waals surface area contributed by atoms with Crippen molar-refractivity contribution in [3.05, 3.63) is 63.1 Å². The number of benzene rings is 2. The van der Waals surface area contributed by atoms with E-state index in [2.05, 4.69) is 22.9 Å². The molecule has 2 nitrogen and oxygen atoms in total. The average Bonchev–Trinajstić information content (AvgIpc) is 2.47. The molecule has 0 fully saturated rings. The molecule has 1 unspecified atom stereocenters. The Kier molecular flexibility index (Phi) is 5.46. The van der Waals surface area contributed by atoms with Crippen LogP contribution in [0.15, 0.2) is 46.9 Å². The highest BCUT2D eigenvalue weighted by Crippen LogP contribution is 2.31. The molecule has 2 rings (SSSR count). The molecule has 0 saturated carbocycles. The summed E-state index contributed by atoms with van der Waals surface area (Å²) in [6.07, 6.45) is 0.253. The number of halogens is 2. The molecule has 0 aliphatic rings. The summed E-state index contributed by atoms with van der Waals surface area (Å²) in [6.45, 7) is 2.76. The zero-order valence-electron chi connectivity index (χ0n) is 11.1. The molecule has 0 heterocycles. The monoisotopic (exact) mass is 354 g/mol. The van der Waals surface area contributed by atoms with Crippen molar-refractivity contribution in [2.45, 2.75) is 19.4 Å². The van der Waals surface area contributed by atoms with E-state index in [-0.39, 0.29) is 0 Å². The molecule has 0 aliphatic carbocycles. The lowest BCUT2D eigenvalue weighted by Gasteiger charge is -2.14. The van der Waals surface area contributed by atoms with Gasteiger partial charge >= 0.3 is 0 Å². The number of ether oxygens (including phenoxy) is 1. The standard InChI is InChI=1S/C16H16BrClO2/c1-2-9-20-13-6-3-11(4-7-13)16(19)14-10-12(18)5-8-15(14)17/h3-8,10,16,19H,2,9H2,1H3. The van der Waals surface area contributed by atoms with E-state index in [1.165, 1.54) is 0 Å². The number of hydrogen-bond acceptors (Lipinski definition) is 2. The number of hydrogen-bond donors (Lipinski definition) is 1. The van der Waals surface area contributed by atoms with Crippen molar-refractivity contribution >= 4 is 27.5 Å².